The Bertz CT molecular complexity index is 699. The summed E-state index contributed by atoms with van der Waals surface area (Å²) in [6.07, 6.45) is 0. The van der Waals surface area contributed by atoms with E-state index >= 15 is 0 Å². The second kappa shape index (κ2) is 8.99. The molecule has 0 radical (unpaired) electrons. The van der Waals surface area contributed by atoms with Crippen molar-refractivity contribution in [2.45, 2.75) is 26.4 Å². The summed E-state index contributed by atoms with van der Waals surface area (Å²) < 4.78 is 0. The number of anilines is 1. The number of rotatable bonds is 7. The lowest BCUT2D eigenvalue weighted by Crippen LogP contribution is -2.45. The lowest BCUT2D eigenvalue weighted by atomic mass is 10.2. The molecule has 0 spiro atoms. The van der Waals surface area contributed by atoms with Gasteiger partial charge in [0.05, 0.1) is 12.6 Å². The Morgan fingerprint density at radius 1 is 1.04 bits per heavy atom. The topological polar surface area (TPSA) is 61.4 Å². The molecule has 2 aromatic rings. The number of carbonyl (C=O) groups excluding carboxylic acids is 2. The Morgan fingerprint density at radius 3 is 2.32 bits per heavy atom. The van der Waals surface area contributed by atoms with Crippen LogP contribution in [0.2, 0.25) is 0 Å². The van der Waals surface area contributed by atoms with Crippen LogP contribution in [-0.4, -0.2) is 36.3 Å². The molecule has 0 aliphatic rings. The van der Waals surface area contributed by atoms with Crippen molar-refractivity contribution in [3.05, 3.63) is 65.7 Å². The fourth-order valence-electron chi connectivity index (χ4n) is 2.33. The van der Waals surface area contributed by atoms with Crippen molar-refractivity contribution in [2.24, 2.45) is 0 Å². The van der Waals surface area contributed by atoms with Gasteiger partial charge < -0.3 is 10.6 Å². The van der Waals surface area contributed by atoms with Crippen molar-refractivity contribution < 1.29 is 9.59 Å². The van der Waals surface area contributed by atoms with E-state index in [1.54, 1.807) is 18.9 Å². The van der Waals surface area contributed by atoms with Gasteiger partial charge in [0.2, 0.25) is 11.8 Å². The highest BCUT2D eigenvalue weighted by Crippen LogP contribution is 2.08. The molecule has 2 amide bonds. The van der Waals surface area contributed by atoms with E-state index < -0.39 is 6.04 Å². The van der Waals surface area contributed by atoms with Crippen LogP contribution in [-0.2, 0) is 16.1 Å². The highest BCUT2D eigenvalue weighted by Gasteiger charge is 2.19. The van der Waals surface area contributed by atoms with E-state index in [4.69, 9.17) is 0 Å². The lowest BCUT2D eigenvalue weighted by molar-refractivity contribution is -0.126. The van der Waals surface area contributed by atoms with Crippen LogP contribution in [0.4, 0.5) is 5.69 Å². The van der Waals surface area contributed by atoms with Gasteiger partial charge in [0.15, 0.2) is 0 Å². The normalized spacial score (nSPS) is 11.8. The second-order valence-electron chi connectivity index (χ2n) is 6.21. The quantitative estimate of drug-likeness (QED) is 0.815. The zero-order valence-electron chi connectivity index (χ0n) is 15.0. The minimum absolute atomic E-state index is 0.102. The van der Waals surface area contributed by atoms with Gasteiger partial charge in [-0.15, -0.1) is 0 Å². The molecular formula is C20H25N3O2. The molecule has 0 bridgehead atoms. The van der Waals surface area contributed by atoms with E-state index in [2.05, 4.69) is 10.6 Å². The Morgan fingerprint density at radius 2 is 1.68 bits per heavy atom. The number of nitrogens with one attached hydrogen (secondary N) is 2. The lowest BCUT2D eigenvalue weighted by Gasteiger charge is -2.23. The van der Waals surface area contributed by atoms with Crippen LogP contribution in [0.15, 0.2) is 54.6 Å². The molecule has 0 saturated heterocycles. The van der Waals surface area contributed by atoms with Gasteiger partial charge in [-0.25, -0.2) is 0 Å². The third-order valence-corrected chi connectivity index (χ3v) is 4.08. The first-order valence-corrected chi connectivity index (χ1v) is 8.34. The highest BCUT2D eigenvalue weighted by atomic mass is 16.2. The molecule has 0 saturated carbocycles. The van der Waals surface area contributed by atoms with Crippen LogP contribution in [0.25, 0.3) is 0 Å². The molecule has 2 N–H and O–H groups in total. The molecule has 25 heavy (non-hydrogen) atoms. The van der Waals surface area contributed by atoms with Crippen LogP contribution in [0, 0.1) is 6.92 Å². The predicted octanol–water partition coefficient (Wildman–Crippen LogP) is 2.57. The van der Waals surface area contributed by atoms with Crippen molar-refractivity contribution in [3.63, 3.8) is 0 Å². The van der Waals surface area contributed by atoms with E-state index in [-0.39, 0.29) is 18.4 Å². The zero-order valence-corrected chi connectivity index (χ0v) is 15.0. The van der Waals surface area contributed by atoms with Crippen LogP contribution >= 0.6 is 0 Å². The number of likely N-dealkylation sites (N-methyl/N-ethyl adjacent to an activating group) is 1. The Balaban J connectivity index is 1.80. The van der Waals surface area contributed by atoms with Crippen LogP contribution < -0.4 is 10.6 Å². The number of amides is 2. The van der Waals surface area contributed by atoms with Gasteiger partial charge in [-0.2, -0.15) is 0 Å². The molecule has 0 aliphatic carbocycles. The summed E-state index contributed by atoms with van der Waals surface area (Å²) in [5.41, 5.74) is 2.94. The van der Waals surface area contributed by atoms with E-state index in [9.17, 15) is 9.59 Å². The summed E-state index contributed by atoms with van der Waals surface area (Å²) in [7, 11) is 1.77. The van der Waals surface area contributed by atoms with Crippen LogP contribution in [0.5, 0.6) is 0 Å². The molecule has 1 unspecified atom stereocenters. The number of nitrogens with zero attached hydrogens (tertiary/aromatic N) is 1. The third-order valence-electron chi connectivity index (χ3n) is 4.08. The molecule has 2 rings (SSSR count). The van der Waals surface area contributed by atoms with Crippen LogP contribution in [0.1, 0.15) is 18.1 Å². The van der Waals surface area contributed by atoms with Gasteiger partial charge in [-0.3, -0.25) is 14.5 Å². The standard InChI is InChI=1S/C20H25N3O2/c1-15-9-11-18(12-10-15)22-19(24)14-23(3)16(2)20(25)21-13-17-7-5-4-6-8-17/h4-12,16H,13-14H2,1-3H3,(H,21,25)(H,22,24). The second-order valence-corrected chi connectivity index (χ2v) is 6.21. The van der Waals surface area contributed by atoms with Crippen molar-refractivity contribution in [3.8, 4) is 0 Å². The number of carbonyl (C=O) groups is 2. The maximum atomic E-state index is 12.3. The van der Waals surface area contributed by atoms with E-state index in [1.807, 2.05) is 61.5 Å². The van der Waals surface area contributed by atoms with Gasteiger partial charge in [-0.1, -0.05) is 48.0 Å². The van der Waals surface area contributed by atoms with Crippen molar-refractivity contribution in [1.29, 1.82) is 0 Å². The van der Waals surface area contributed by atoms with Crippen molar-refractivity contribution in [2.75, 3.05) is 18.9 Å². The third kappa shape index (κ3) is 6.04. The fourth-order valence-corrected chi connectivity index (χ4v) is 2.33. The average molecular weight is 339 g/mol. The molecular weight excluding hydrogens is 314 g/mol. The SMILES string of the molecule is Cc1ccc(NC(=O)CN(C)C(C)C(=O)NCc2ccccc2)cc1. The van der Waals surface area contributed by atoms with Gasteiger partial charge in [0.25, 0.3) is 0 Å². The van der Waals surface area contributed by atoms with Gasteiger partial charge in [0.1, 0.15) is 0 Å². The van der Waals surface area contributed by atoms with Gasteiger partial charge >= 0.3 is 0 Å². The molecule has 0 fully saturated rings. The molecule has 0 heterocycles. The summed E-state index contributed by atoms with van der Waals surface area (Å²) in [4.78, 5) is 26.1. The summed E-state index contributed by atoms with van der Waals surface area (Å²) in [5, 5.41) is 5.74. The molecule has 1 atom stereocenters. The van der Waals surface area contributed by atoms with Gasteiger partial charge in [-0.05, 0) is 38.6 Å². The Labute approximate surface area is 149 Å². The van der Waals surface area contributed by atoms with Crippen molar-refractivity contribution >= 4 is 17.5 Å². The number of hydrogen-bond donors (Lipinski definition) is 2. The molecule has 5 nitrogen and oxygen atoms in total. The highest BCUT2D eigenvalue weighted by molar-refractivity contribution is 5.92. The first-order valence-electron chi connectivity index (χ1n) is 8.34. The number of aryl methyl sites for hydroxylation is 1. The monoisotopic (exact) mass is 339 g/mol. The van der Waals surface area contributed by atoms with E-state index in [0.29, 0.717) is 6.54 Å². The largest absolute Gasteiger partial charge is 0.351 e. The Hall–Kier alpha value is -2.66. The Kier molecular flexibility index (Phi) is 6.71. The summed E-state index contributed by atoms with van der Waals surface area (Å²) in [5.74, 6) is -0.247. The van der Waals surface area contributed by atoms with E-state index in [1.165, 1.54) is 0 Å². The molecule has 0 aliphatic heterocycles. The first kappa shape index (κ1) is 18.7. The maximum Gasteiger partial charge on any atom is 0.238 e. The molecule has 0 aromatic heterocycles. The fraction of sp³-hybridized carbons (Fsp3) is 0.300. The number of benzene rings is 2. The molecule has 2 aromatic carbocycles. The van der Waals surface area contributed by atoms with Crippen molar-refractivity contribution in [1.82, 2.24) is 10.2 Å². The van der Waals surface area contributed by atoms with Crippen LogP contribution in [0.3, 0.4) is 0 Å². The summed E-state index contributed by atoms with van der Waals surface area (Å²) >= 11 is 0. The zero-order chi connectivity index (χ0) is 18.2. The van der Waals surface area contributed by atoms with Gasteiger partial charge in [0, 0.05) is 12.2 Å². The maximum absolute atomic E-state index is 12.3. The average Bonchev–Trinajstić information content (AvgIpc) is 2.61. The minimum atomic E-state index is -0.396. The van der Waals surface area contributed by atoms with E-state index in [0.717, 1.165) is 16.8 Å². The molecule has 5 heteroatoms. The summed E-state index contributed by atoms with van der Waals surface area (Å²) in [6, 6.07) is 17.0. The first-order chi connectivity index (χ1) is 12.0. The predicted molar refractivity (Wildman–Crippen MR) is 100 cm³/mol. The number of hydrogen-bond acceptors (Lipinski definition) is 3. The smallest absolute Gasteiger partial charge is 0.238 e. The minimum Gasteiger partial charge on any atom is -0.351 e. The summed E-state index contributed by atoms with van der Waals surface area (Å²) in [6.45, 7) is 4.41. The molecule has 132 valence electrons.